The van der Waals surface area contributed by atoms with Gasteiger partial charge in [-0.15, -0.1) is 0 Å². The number of carbonyl (C=O) groups excluding carboxylic acids is 2. The molecule has 0 bridgehead atoms. The number of nitrogens with zero attached hydrogens (tertiary/aromatic N) is 1. The molecule has 1 unspecified atom stereocenters. The van der Waals surface area contributed by atoms with Gasteiger partial charge in [0.1, 0.15) is 13.3 Å². The number of carbonyl (C=O) groups is 2. The molecule has 0 saturated carbocycles. The van der Waals surface area contributed by atoms with Crippen molar-refractivity contribution in [1.82, 2.24) is 10.3 Å². The highest BCUT2D eigenvalue weighted by molar-refractivity contribution is 7.50. The lowest BCUT2D eigenvalue weighted by Crippen LogP contribution is -2.33. The molecular formula is C19H26N4O5P-. The van der Waals surface area contributed by atoms with Gasteiger partial charge in [0.15, 0.2) is 0 Å². The fourth-order valence-corrected chi connectivity index (χ4v) is 4.03. The summed E-state index contributed by atoms with van der Waals surface area (Å²) in [4.78, 5) is 39.5. The normalized spacial score (nSPS) is 15.3. The Hall–Kier alpha value is -2.35. The zero-order chi connectivity index (χ0) is 21.0. The third-order valence-electron chi connectivity index (χ3n) is 4.96. The fourth-order valence-electron chi connectivity index (χ4n) is 3.57. The van der Waals surface area contributed by atoms with Crippen LogP contribution in [0.5, 0.6) is 0 Å². The first-order chi connectivity index (χ1) is 13.8. The van der Waals surface area contributed by atoms with Crippen molar-refractivity contribution in [3.05, 3.63) is 29.5 Å². The molecule has 4 N–H and O–H groups in total. The highest BCUT2D eigenvalue weighted by atomic mass is 31.2. The van der Waals surface area contributed by atoms with Crippen molar-refractivity contribution in [2.75, 3.05) is 31.3 Å². The van der Waals surface area contributed by atoms with Crippen LogP contribution in [0.4, 0.5) is 10.5 Å². The van der Waals surface area contributed by atoms with E-state index in [0.717, 1.165) is 48.1 Å². The lowest BCUT2D eigenvalue weighted by atomic mass is 10.1. The van der Waals surface area contributed by atoms with Crippen molar-refractivity contribution in [2.24, 2.45) is 5.73 Å². The van der Waals surface area contributed by atoms with Gasteiger partial charge in [-0.05, 0) is 43.0 Å². The molecule has 158 valence electrons. The van der Waals surface area contributed by atoms with Crippen LogP contribution < -0.4 is 20.8 Å². The van der Waals surface area contributed by atoms with Gasteiger partial charge in [0, 0.05) is 36.3 Å². The number of aromatic amines is 1. The monoisotopic (exact) mass is 421 g/mol. The van der Waals surface area contributed by atoms with Crippen LogP contribution in [0, 0.1) is 0 Å². The summed E-state index contributed by atoms with van der Waals surface area (Å²) in [5.41, 5.74) is 8.57. The molecule has 2 heterocycles. The average Bonchev–Trinajstić information content (AvgIpc) is 3.26. The van der Waals surface area contributed by atoms with Crippen LogP contribution in [-0.2, 0) is 15.5 Å². The van der Waals surface area contributed by atoms with E-state index >= 15 is 0 Å². The number of H-pyrrole nitrogens is 1. The van der Waals surface area contributed by atoms with E-state index in [4.69, 9.17) is 10.3 Å². The lowest BCUT2D eigenvalue weighted by Gasteiger charge is -2.17. The predicted molar refractivity (Wildman–Crippen MR) is 109 cm³/mol. The maximum atomic E-state index is 12.4. The van der Waals surface area contributed by atoms with Crippen LogP contribution in [0.25, 0.3) is 10.9 Å². The molecule has 3 rings (SSSR count). The van der Waals surface area contributed by atoms with E-state index in [0.29, 0.717) is 31.6 Å². The molecular weight excluding hydrogens is 395 g/mol. The number of nitrogens with one attached hydrogen (secondary N) is 2. The molecule has 2 aromatic rings. The maximum Gasteiger partial charge on any atom is 0.319 e. The molecule has 1 atom stereocenters. The zero-order valence-corrected chi connectivity index (χ0v) is 17.3. The van der Waals surface area contributed by atoms with Crippen molar-refractivity contribution in [3.63, 3.8) is 0 Å². The minimum atomic E-state index is -3.64. The number of nitrogens with two attached hydrogens (primary N) is 1. The molecule has 29 heavy (non-hydrogen) atoms. The fraction of sp³-hybridized carbons (Fsp3) is 0.474. The Kier molecular flexibility index (Phi) is 6.62. The summed E-state index contributed by atoms with van der Waals surface area (Å²) in [5.74, 6) is -0.179. The summed E-state index contributed by atoms with van der Waals surface area (Å²) < 4.78 is 15.6. The summed E-state index contributed by atoms with van der Waals surface area (Å²) in [6.07, 6.45) is 3.89. The summed E-state index contributed by atoms with van der Waals surface area (Å²) in [6.45, 7) is 2.35. The van der Waals surface area contributed by atoms with Crippen LogP contribution in [0.2, 0.25) is 0 Å². The van der Waals surface area contributed by atoms with Crippen LogP contribution in [-0.4, -0.2) is 43.3 Å². The van der Waals surface area contributed by atoms with E-state index in [1.54, 1.807) is 4.90 Å². The predicted octanol–water partition coefficient (Wildman–Crippen LogP) is 2.10. The largest absolute Gasteiger partial charge is 0.779 e. The van der Waals surface area contributed by atoms with Crippen LogP contribution >= 0.6 is 7.60 Å². The Labute approximate surface area is 169 Å². The van der Waals surface area contributed by atoms with Crippen LogP contribution in [0.15, 0.2) is 18.2 Å². The molecule has 1 aliphatic heterocycles. The van der Waals surface area contributed by atoms with Gasteiger partial charge in [0.25, 0.3) is 5.91 Å². The Morgan fingerprint density at radius 1 is 1.31 bits per heavy atom. The van der Waals surface area contributed by atoms with Gasteiger partial charge in [0.2, 0.25) is 0 Å². The molecule has 9 nitrogen and oxygen atoms in total. The minimum Gasteiger partial charge on any atom is -0.779 e. The molecule has 1 aliphatic rings. The van der Waals surface area contributed by atoms with Gasteiger partial charge in [0.05, 0.1) is 6.61 Å². The van der Waals surface area contributed by atoms with Gasteiger partial charge >= 0.3 is 6.03 Å². The summed E-state index contributed by atoms with van der Waals surface area (Å²) in [6, 6.07) is 5.05. The third-order valence-corrected chi connectivity index (χ3v) is 5.61. The van der Waals surface area contributed by atoms with Gasteiger partial charge in [-0.2, -0.15) is 0 Å². The Morgan fingerprint density at radius 3 is 2.79 bits per heavy atom. The number of amides is 3. The Morgan fingerprint density at radius 2 is 2.07 bits per heavy atom. The number of unbranched alkanes of at least 4 members (excludes halogenated alkanes) is 3. The number of urea groups is 1. The highest BCUT2D eigenvalue weighted by Crippen LogP contribution is 2.34. The second-order valence-electron chi connectivity index (χ2n) is 7.22. The number of hydrogen-bond acceptors (Lipinski definition) is 5. The standard InChI is InChI=1S/C19H27N4O5P/c1-29(26,27)28-11-5-3-2-4-9-21-18(24)16-12-14-13-8-10-23(19(20)25)17(13)7-6-15(14)22-16/h6-7,12,22H,2-5,8-11H2,1H3,(H2,20,25)(H,21,24)(H,26,27)/p-1. The van der Waals surface area contributed by atoms with E-state index in [2.05, 4.69) is 10.3 Å². The van der Waals surface area contributed by atoms with Crippen LogP contribution in [0.1, 0.15) is 41.7 Å². The number of benzene rings is 1. The van der Waals surface area contributed by atoms with Crippen LogP contribution in [0.3, 0.4) is 0 Å². The SMILES string of the molecule is CP(=O)([O-])OCCCCCCNC(=O)c1cc2c3c(ccc2[nH]1)N(C(N)=O)CC3. The summed E-state index contributed by atoms with van der Waals surface area (Å²) in [7, 11) is -3.64. The molecule has 1 aromatic heterocycles. The molecule has 0 fully saturated rings. The average molecular weight is 421 g/mol. The summed E-state index contributed by atoms with van der Waals surface area (Å²) >= 11 is 0. The number of fused-ring (bicyclic) bond motifs is 3. The molecule has 0 spiro atoms. The van der Waals surface area contributed by atoms with E-state index in [9.17, 15) is 19.0 Å². The Bertz CT molecular complexity index is 951. The van der Waals surface area contributed by atoms with Gasteiger partial charge in [-0.1, -0.05) is 12.8 Å². The molecule has 10 heteroatoms. The molecule has 0 aliphatic carbocycles. The molecule has 0 saturated heterocycles. The number of rotatable bonds is 9. The maximum absolute atomic E-state index is 12.4. The third kappa shape index (κ3) is 5.38. The van der Waals surface area contributed by atoms with Gasteiger partial charge in [-0.25, -0.2) is 4.79 Å². The summed E-state index contributed by atoms with van der Waals surface area (Å²) in [5, 5.41) is 3.82. The second-order valence-corrected chi connectivity index (χ2v) is 9.02. The first-order valence-electron chi connectivity index (χ1n) is 9.69. The van der Waals surface area contributed by atoms with E-state index in [-0.39, 0.29) is 12.5 Å². The molecule has 0 radical (unpaired) electrons. The number of aromatic nitrogens is 1. The van der Waals surface area contributed by atoms with Crippen molar-refractivity contribution >= 4 is 36.1 Å². The zero-order valence-electron chi connectivity index (χ0n) is 16.4. The first kappa shape index (κ1) is 21.4. The highest BCUT2D eigenvalue weighted by Gasteiger charge is 2.25. The molecule has 3 amide bonds. The topological polar surface area (TPSA) is 141 Å². The second kappa shape index (κ2) is 8.98. The van der Waals surface area contributed by atoms with E-state index in [1.165, 1.54) is 0 Å². The quantitative estimate of drug-likeness (QED) is 0.420. The molecule has 1 aromatic carbocycles. The van der Waals surface area contributed by atoms with E-state index in [1.807, 2.05) is 18.2 Å². The Balaban J connectivity index is 1.48. The van der Waals surface area contributed by atoms with Crippen molar-refractivity contribution in [2.45, 2.75) is 32.1 Å². The van der Waals surface area contributed by atoms with Gasteiger partial charge in [-0.3, -0.25) is 9.69 Å². The first-order valence-corrected chi connectivity index (χ1v) is 11.7. The van der Waals surface area contributed by atoms with E-state index < -0.39 is 13.6 Å². The smallest absolute Gasteiger partial charge is 0.319 e. The number of primary amides is 1. The van der Waals surface area contributed by atoms with Crippen molar-refractivity contribution in [1.29, 1.82) is 0 Å². The number of anilines is 1. The number of hydrogen-bond donors (Lipinski definition) is 3. The minimum absolute atomic E-state index is 0.179. The van der Waals surface area contributed by atoms with Crippen molar-refractivity contribution < 1.29 is 23.6 Å². The van der Waals surface area contributed by atoms with Gasteiger partial charge < -0.3 is 30.0 Å². The lowest BCUT2D eigenvalue weighted by molar-refractivity contribution is -0.196. The van der Waals surface area contributed by atoms with Crippen molar-refractivity contribution in [3.8, 4) is 0 Å².